The van der Waals surface area contributed by atoms with Gasteiger partial charge in [0.2, 0.25) is 5.91 Å². The minimum Gasteiger partial charge on any atom is -0.481 e. The number of sulfonamides is 1. The molecule has 1 aliphatic heterocycles. The first kappa shape index (κ1) is 21.3. The molecule has 158 valence electrons. The Labute approximate surface area is 174 Å². The fraction of sp³-hybridized carbons (Fsp3) is 0.250. The van der Waals surface area contributed by atoms with Gasteiger partial charge >= 0.3 is 5.97 Å². The molecule has 2 aromatic rings. The van der Waals surface area contributed by atoms with Gasteiger partial charge in [-0.3, -0.25) is 19.1 Å². The second-order valence-corrected chi connectivity index (χ2v) is 8.81. The van der Waals surface area contributed by atoms with Gasteiger partial charge in [0.05, 0.1) is 10.8 Å². The van der Waals surface area contributed by atoms with Crippen LogP contribution < -0.4 is 9.62 Å². The monoisotopic (exact) mass is 431 g/mol. The molecule has 1 saturated heterocycles. The molecule has 1 unspecified atom stereocenters. The summed E-state index contributed by atoms with van der Waals surface area (Å²) in [6.07, 6.45) is -0.0844. The van der Waals surface area contributed by atoms with Gasteiger partial charge in [-0.25, -0.2) is 8.42 Å². The number of rotatable bonds is 6. The molecule has 1 fully saturated rings. The van der Waals surface area contributed by atoms with Crippen LogP contribution in [0.5, 0.6) is 0 Å². The number of benzene rings is 2. The van der Waals surface area contributed by atoms with E-state index < -0.39 is 21.9 Å². The maximum Gasteiger partial charge on any atom is 0.308 e. The summed E-state index contributed by atoms with van der Waals surface area (Å²) in [5.41, 5.74) is 1.02. The molecule has 1 aliphatic rings. The van der Waals surface area contributed by atoms with Gasteiger partial charge in [0.1, 0.15) is 0 Å². The van der Waals surface area contributed by atoms with Crippen LogP contribution in [-0.4, -0.2) is 56.8 Å². The lowest BCUT2D eigenvalue weighted by molar-refractivity contribution is -0.141. The first-order valence-electron chi connectivity index (χ1n) is 9.06. The van der Waals surface area contributed by atoms with Crippen molar-refractivity contribution in [3.05, 3.63) is 54.1 Å². The summed E-state index contributed by atoms with van der Waals surface area (Å²) >= 11 is 0. The van der Waals surface area contributed by atoms with Crippen molar-refractivity contribution in [1.82, 2.24) is 4.90 Å². The van der Waals surface area contributed by atoms with Crippen molar-refractivity contribution in [1.29, 1.82) is 0 Å². The van der Waals surface area contributed by atoms with Crippen molar-refractivity contribution in [2.75, 3.05) is 30.3 Å². The normalized spacial score (nSPS) is 16.4. The molecule has 2 N–H and O–H groups in total. The number of anilines is 2. The average molecular weight is 431 g/mol. The maximum absolute atomic E-state index is 12.7. The number of carboxylic acids is 1. The van der Waals surface area contributed by atoms with Crippen LogP contribution in [-0.2, 0) is 19.6 Å². The van der Waals surface area contributed by atoms with Crippen molar-refractivity contribution >= 4 is 39.2 Å². The zero-order valence-corrected chi connectivity index (χ0v) is 17.2. The van der Waals surface area contributed by atoms with E-state index in [1.54, 1.807) is 26.2 Å². The summed E-state index contributed by atoms with van der Waals surface area (Å²) in [7, 11) is -0.723. The fourth-order valence-electron chi connectivity index (χ4n) is 3.12. The smallest absolute Gasteiger partial charge is 0.308 e. The van der Waals surface area contributed by atoms with Crippen LogP contribution in [0.2, 0.25) is 0 Å². The summed E-state index contributed by atoms with van der Waals surface area (Å²) < 4.78 is 27.8. The highest BCUT2D eigenvalue weighted by Gasteiger charge is 2.35. The van der Waals surface area contributed by atoms with Gasteiger partial charge in [0.15, 0.2) is 0 Å². The summed E-state index contributed by atoms with van der Waals surface area (Å²) in [5.74, 6) is -2.39. The highest BCUT2D eigenvalue weighted by atomic mass is 32.2. The molecular formula is C20H21N3O6S. The highest BCUT2D eigenvalue weighted by molar-refractivity contribution is 7.92. The van der Waals surface area contributed by atoms with Crippen LogP contribution in [0.15, 0.2) is 53.4 Å². The van der Waals surface area contributed by atoms with E-state index in [4.69, 9.17) is 5.11 Å². The Bertz CT molecular complexity index is 1100. The lowest BCUT2D eigenvalue weighted by Crippen LogP contribution is -2.25. The number of nitrogens with zero attached hydrogens (tertiary/aromatic N) is 2. The van der Waals surface area contributed by atoms with Gasteiger partial charge in [0.25, 0.3) is 15.9 Å². The molecule has 9 nitrogen and oxygen atoms in total. The first-order chi connectivity index (χ1) is 14.1. The van der Waals surface area contributed by atoms with Gasteiger partial charge < -0.3 is 14.9 Å². The van der Waals surface area contributed by atoms with Crippen molar-refractivity contribution in [2.24, 2.45) is 5.92 Å². The third-order valence-corrected chi connectivity index (χ3v) is 6.10. The van der Waals surface area contributed by atoms with Crippen LogP contribution in [0, 0.1) is 5.92 Å². The molecule has 2 aromatic carbocycles. The van der Waals surface area contributed by atoms with Gasteiger partial charge in [-0.1, -0.05) is 6.07 Å². The van der Waals surface area contributed by atoms with Crippen LogP contribution >= 0.6 is 0 Å². The van der Waals surface area contributed by atoms with E-state index in [0.717, 1.165) is 0 Å². The van der Waals surface area contributed by atoms with Gasteiger partial charge in [-0.2, -0.15) is 0 Å². The lowest BCUT2D eigenvalue weighted by atomic mass is 10.1. The Kier molecular flexibility index (Phi) is 5.79. The first-order valence-corrected chi connectivity index (χ1v) is 10.5. The predicted molar refractivity (Wildman–Crippen MR) is 110 cm³/mol. The number of carboxylic acid groups (broad SMARTS) is 1. The predicted octanol–water partition coefficient (Wildman–Crippen LogP) is 1.63. The zero-order chi connectivity index (χ0) is 22.1. The fourth-order valence-corrected chi connectivity index (χ4v) is 4.17. The molecular weight excluding hydrogens is 410 g/mol. The topological polar surface area (TPSA) is 124 Å². The van der Waals surface area contributed by atoms with E-state index in [-0.39, 0.29) is 35.4 Å². The van der Waals surface area contributed by atoms with Crippen molar-refractivity contribution in [2.45, 2.75) is 11.3 Å². The minimum atomic E-state index is -3.93. The number of carbonyl (C=O) groups is 3. The molecule has 0 bridgehead atoms. The van der Waals surface area contributed by atoms with Crippen molar-refractivity contribution < 1.29 is 27.9 Å². The summed E-state index contributed by atoms with van der Waals surface area (Å²) in [4.78, 5) is 37.9. The number of carbonyl (C=O) groups excluding carboxylic acids is 2. The molecule has 0 aromatic heterocycles. The zero-order valence-electron chi connectivity index (χ0n) is 16.4. The van der Waals surface area contributed by atoms with Gasteiger partial charge in [-0.15, -0.1) is 0 Å². The van der Waals surface area contributed by atoms with Gasteiger partial charge in [0, 0.05) is 44.0 Å². The van der Waals surface area contributed by atoms with E-state index in [1.807, 2.05) is 0 Å². The van der Waals surface area contributed by atoms with Crippen molar-refractivity contribution in [3.63, 3.8) is 0 Å². The quantitative estimate of drug-likeness (QED) is 0.716. The Morgan fingerprint density at radius 1 is 1.13 bits per heavy atom. The Hall–Kier alpha value is -3.40. The van der Waals surface area contributed by atoms with E-state index in [2.05, 4.69) is 4.72 Å². The molecule has 1 heterocycles. The Morgan fingerprint density at radius 2 is 1.80 bits per heavy atom. The average Bonchev–Trinajstić information content (AvgIpc) is 3.09. The van der Waals surface area contributed by atoms with Crippen molar-refractivity contribution in [3.8, 4) is 0 Å². The largest absolute Gasteiger partial charge is 0.481 e. The molecule has 0 spiro atoms. The molecule has 2 amide bonds. The SMILES string of the molecule is CN(C)C(=O)c1cccc(NS(=O)(=O)c2ccc(N3CC(C(=O)O)CC3=O)cc2)c1. The van der Waals surface area contributed by atoms with E-state index in [9.17, 15) is 22.8 Å². The maximum atomic E-state index is 12.7. The highest BCUT2D eigenvalue weighted by Crippen LogP contribution is 2.27. The Balaban J connectivity index is 1.78. The Morgan fingerprint density at radius 3 is 2.37 bits per heavy atom. The summed E-state index contributed by atoms with van der Waals surface area (Å²) in [6.45, 7) is 0.0468. The molecule has 10 heteroatoms. The summed E-state index contributed by atoms with van der Waals surface area (Å²) in [5, 5.41) is 9.08. The molecule has 1 atom stereocenters. The van der Waals surface area contributed by atoms with E-state index >= 15 is 0 Å². The third kappa shape index (κ3) is 4.43. The van der Waals surface area contributed by atoms with Crippen LogP contribution in [0.1, 0.15) is 16.8 Å². The molecule has 0 saturated carbocycles. The van der Waals surface area contributed by atoms with Crippen LogP contribution in [0.4, 0.5) is 11.4 Å². The second-order valence-electron chi connectivity index (χ2n) is 7.12. The number of hydrogen-bond donors (Lipinski definition) is 2. The lowest BCUT2D eigenvalue weighted by Gasteiger charge is -2.17. The number of nitrogens with one attached hydrogen (secondary N) is 1. The second kappa shape index (κ2) is 8.15. The number of amides is 2. The van der Waals surface area contributed by atoms with E-state index in [1.165, 1.54) is 46.2 Å². The van der Waals surface area contributed by atoms with E-state index in [0.29, 0.717) is 11.3 Å². The third-order valence-electron chi connectivity index (χ3n) is 4.70. The minimum absolute atomic E-state index is 0.0305. The van der Waals surface area contributed by atoms with Gasteiger partial charge in [-0.05, 0) is 42.5 Å². The molecule has 3 rings (SSSR count). The summed E-state index contributed by atoms with van der Waals surface area (Å²) in [6, 6.07) is 11.8. The molecule has 0 radical (unpaired) electrons. The number of aliphatic carboxylic acids is 1. The standard InChI is InChI=1S/C20H21N3O6S/c1-22(2)19(25)13-4-3-5-15(10-13)21-30(28,29)17-8-6-16(7-9-17)23-12-14(20(26)27)11-18(23)24/h3-10,14,21H,11-12H2,1-2H3,(H,26,27). The molecule has 0 aliphatic carbocycles. The van der Waals surface area contributed by atoms with Crippen LogP contribution in [0.25, 0.3) is 0 Å². The number of hydrogen-bond acceptors (Lipinski definition) is 5. The van der Waals surface area contributed by atoms with Crippen LogP contribution in [0.3, 0.4) is 0 Å². The molecule has 30 heavy (non-hydrogen) atoms.